The monoisotopic (exact) mass is 445 g/mol. The molecule has 4 rings (SSSR count). The number of piperidine rings is 1. The van der Waals surface area contributed by atoms with Crippen molar-refractivity contribution in [1.82, 2.24) is 19.2 Å². The summed E-state index contributed by atoms with van der Waals surface area (Å²) in [5.74, 6) is 2.08. The van der Waals surface area contributed by atoms with Crippen LogP contribution in [0.1, 0.15) is 47.9 Å². The standard InChI is InChI=1S/C22H31N5O3S/c1-15-13-16(8-9-20(15)30-4)31(28,29)27-11-6-5-7-19(27)22-24-18-10-12-26(3)14-17(18)21(23-2)25-22/h8-9,13,19H,5-7,10-12,14H2,1-4H3,(H,23,24,25)/t19-/m0/s1. The first-order chi connectivity index (χ1) is 14.8. The molecule has 1 atom stereocenters. The lowest BCUT2D eigenvalue weighted by Gasteiger charge is -2.35. The second kappa shape index (κ2) is 8.72. The van der Waals surface area contributed by atoms with Gasteiger partial charge < -0.3 is 15.0 Å². The van der Waals surface area contributed by atoms with Crippen LogP contribution in [-0.2, 0) is 23.0 Å². The summed E-state index contributed by atoms with van der Waals surface area (Å²) in [4.78, 5) is 12.2. The molecule has 2 aliphatic rings. The zero-order valence-corrected chi connectivity index (χ0v) is 19.5. The normalized spacial score (nSPS) is 20.3. The zero-order chi connectivity index (χ0) is 22.2. The average Bonchev–Trinajstić information content (AvgIpc) is 2.78. The minimum atomic E-state index is -3.69. The van der Waals surface area contributed by atoms with Crippen LogP contribution >= 0.6 is 0 Å². The molecule has 8 nitrogen and oxygen atoms in total. The van der Waals surface area contributed by atoms with Crippen molar-refractivity contribution >= 4 is 15.8 Å². The van der Waals surface area contributed by atoms with Crippen LogP contribution in [0.3, 0.4) is 0 Å². The molecule has 0 amide bonds. The molecule has 0 saturated carbocycles. The van der Waals surface area contributed by atoms with E-state index in [0.717, 1.165) is 61.4 Å². The van der Waals surface area contributed by atoms with Gasteiger partial charge in [-0.05, 0) is 50.6 Å². The number of methoxy groups -OCH3 is 1. The van der Waals surface area contributed by atoms with Crippen molar-refractivity contribution in [1.29, 1.82) is 0 Å². The van der Waals surface area contributed by atoms with E-state index in [0.29, 0.717) is 18.1 Å². The first kappa shape index (κ1) is 22.0. The highest BCUT2D eigenvalue weighted by molar-refractivity contribution is 7.89. The molecule has 1 N–H and O–H groups in total. The van der Waals surface area contributed by atoms with Crippen molar-refractivity contribution < 1.29 is 13.2 Å². The Balaban J connectivity index is 1.73. The van der Waals surface area contributed by atoms with Crippen molar-refractivity contribution in [3.8, 4) is 5.75 Å². The fraction of sp³-hybridized carbons (Fsp3) is 0.545. The molecule has 1 fully saturated rings. The van der Waals surface area contributed by atoms with Gasteiger partial charge in [0.25, 0.3) is 0 Å². The van der Waals surface area contributed by atoms with Gasteiger partial charge in [-0.3, -0.25) is 0 Å². The van der Waals surface area contributed by atoms with Crippen molar-refractivity contribution in [3.05, 3.63) is 40.8 Å². The molecule has 1 saturated heterocycles. The SMILES string of the molecule is CNc1nc([C@@H]2CCCCN2S(=O)(=O)c2ccc(OC)c(C)c2)nc2c1CN(C)CC2. The number of sulfonamides is 1. The molecular weight excluding hydrogens is 414 g/mol. The molecule has 31 heavy (non-hydrogen) atoms. The molecule has 1 aromatic carbocycles. The first-order valence-corrected chi connectivity index (χ1v) is 12.2. The summed E-state index contributed by atoms with van der Waals surface area (Å²) in [5, 5.41) is 3.20. The number of nitrogens with one attached hydrogen (secondary N) is 1. The van der Waals surface area contributed by atoms with Gasteiger partial charge in [-0.25, -0.2) is 18.4 Å². The van der Waals surface area contributed by atoms with Crippen molar-refractivity contribution in [3.63, 3.8) is 0 Å². The molecule has 0 bridgehead atoms. The number of nitrogens with zero attached hydrogens (tertiary/aromatic N) is 4. The second-order valence-corrected chi connectivity index (χ2v) is 10.2. The van der Waals surface area contributed by atoms with Gasteiger partial charge in [0.15, 0.2) is 0 Å². The van der Waals surface area contributed by atoms with E-state index in [2.05, 4.69) is 17.3 Å². The lowest BCUT2D eigenvalue weighted by Crippen LogP contribution is -2.40. The predicted molar refractivity (Wildman–Crippen MR) is 120 cm³/mol. The van der Waals surface area contributed by atoms with Gasteiger partial charge in [0.1, 0.15) is 17.4 Å². The Morgan fingerprint density at radius 2 is 2.00 bits per heavy atom. The van der Waals surface area contributed by atoms with Crippen LogP contribution in [0, 0.1) is 6.92 Å². The summed E-state index contributed by atoms with van der Waals surface area (Å²) in [6.07, 6.45) is 3.35. The summed E-state index contributed by atoms with van der Waals surface area (Å²) < 4.78 is 34.1. The van der Waals surface area contributed by atoms with E-state index in [4.69, 9.17) is 14.7 Å². The highest BCUT2D eigenvalue weighted by Crippen LogP contribution is 2.36. The van der Waals surface area contributed by atoms with Gasteiger partial charge in [-0.1, -0.05) is 6.42 Å². The van der Waals surface area contributed by atoms with Gasteiger partial charge in [0, 0.05) is 38.7 Å². The van der Waals surface area contributed by atoms with Gasteiger partial charge in [-0.2, -0.15) is 4.31 Å². The van der Waals surface area contributed by atoms with Crippen molar-refractivity contribution in [2.45, 2.75) is 50.1 Å². The predicted octanol–water partition coefficient (Wildman–Crippen LogP) is 2.74. The summed E-state index contributed by atoms with van der Waals surface area (Å²) in [5.41, 5.74) is 2.93. The lowest BCUT2D eigenvalue weighted by molar-refractivity contribution is 0.244. The number of aryl methyl sites for hydroxylation is 1. The van der Waals surface area contributed by atoms with Crippen LogP contribution in [0.15, 0.2) is 23.1 Å². The van der Waals surface area contributed by atoms with Crippen LogP contribution in [0.25, 0.3) is 0 Å². The number of hydrogen-bond donors (Lipinski definition) is 1. The summed E-state index contributed by atoms with van der Waals surface area (Å²) in [6, 6.07) is 4.66. The molecule has 168 valence electrons. The topological polar surface area (TPSA) is 87.7 Å². The molecule has 1 aromatic heterocycles. The average molecular weight is 446 g/mol. The minimum absolute atomic E-state index is 0.283. The Bertz CT molecular complexity index is 1060. The Labute approximate surface area is 184 Å². The largest absolute Gasteiger partial charge is 0.496 e. The molecule has 0 spiro atoms. The molecule has 3 heterocycles. The highest BCUT2D eigenvalue weighted by atomic mass is 32.2. The molecular formula is C22H31N5O3S. The minimum Gasteiger partial charge on any atom is -0.496 e. The maximum absolute atomic E-state index is 13.6. The smallest absolute Gasteiger partial charge is 0.243 e. The number of anilines is 1. The number of ether oxygens (including phenoxy) is 1. The Morgan fingerprint density at radius 1 is 1.19 bits per heavy atom. The van der Waals surface area contributed by atoms with E-state index in [1.54, 1.807) is 29.6 Å². The third-order valence-electron chi connectivity index (χ3n) is 6.23. The fourth-order valence-corrected chi connectivity index (χ4v) is 6.26. The van der Waals surface area contributed by atoms with Crippen LogP contribution < -0.4 is 10.1 Å². The Kier molecular flexibility index (Phi) is 6.18. The van der Waals surface area contributed by atoms with E-state index in [1.165, 1.54) is 0 Å². The fourth-order valence-electron chi connectivity index (χ4n) is 4.52. The van der Waals surface area contributed by atoms with E-state index in [9.17, 15) is 8.42 Å². The maximum atomic E-state index is 13.6. The van der Waals surface area contributed by atoms with Gasteiger partial charge in [0.05, 0.1) is 23.7 Å². The van der Waals surface area contributed by atoms with Gasteiger partial charge in [-0.15, -0.1) is 0 Å². The number of fused-ring (bicyclic) bond motifs is 1. The van der Waals surface area contributed by atoms with Crippen LogP contribution in [0.4, 0.5) is 5.82 Å². The molecule has 2 aromatic rings. The van der Waals surface area contributed by atoms with Gasteiger partial charge >= 0.3 is 0 Å². The third kappa shape index (κ3) is 4.14. The number of benzene rings is 1. The van der Waals surface area contributed by atoms with Crippen LogP contribution in [0.2, 0.25) is 0 Å². The molecule has 0 unspecified atom stereocenters. The van der Waals surface area contributed by atoms with E-state index < -0.39 is 10.0 Å². The highest BCUT2D eigenvalue weighted by Gasteiger charge is 2.37. The van der Waals surface area contributed by atoms with Crippen molar-refractivity contribution in [2.75, 3.05) is 39.6 Å². The second-order valence-electron chi connectivity index (χ2n) is 8.35. The molecule has 9 heteroatoms. The molecule has 0 radical (unpaired) electrons. The van der Waals surface area contributed by atoms with E-state index in [-0.39, 0.29) is 10.9 Å². The lowest BCUT2D eigenvalue weighted by atomic mass is 10.0. The number of aromatic nitrogens is 2. The first-order valence-electron chi connectivity index (χ1n) is 10.8. The summed E-state index contributed by atoms with van der Waals surface area (Å²) >= 11 is 0. The number of rotatable bonds is 5. The number of likely N-dealkylation sites (N-methyl/N-ethyl adjacent to an activating group) is 1. The third-order valence-corrected chi connectivity index (χ3v) is 8.13. The van der Waals surface area contributed by atoms with E-state index in [1.807, 2.05) is 14.0 Å². The molecule has 0 aliphatic carbocycles. The van der Waals surface area contributed by atoms with Crippen LogP contribution in [-0.4, -0.2) is 61.9 Å². The zero-order valence-electron chi connectivity index (χ0n) is 18.7. The Hall–Kier alpha value is -2.23. The maximum Gasteiger partial charge on any atom is 0.243 e. The van der Waals surface area contributed by atoms with Crippen molar-refractivity contribution in [2.24, 2.45) is 0 Å². The van der Waals surface area contributed by atoms with Gasteiger partial charge in [0.2, 0.25) is 10.0 Å². The Morgan fingerprint density at radius 3 is 2.71 bits per heavy atom. The van der Waals surface area contributed by atoms with E-state index >= 15 is 0 Å². The quantitative estimate of drug-likeness (QED) is 0.757. The molecule has 2 aliphatic heterocycles. The summed E-state index contributed by atoms with van der Waals surface area (Å²) in [7, 11) is 1.84. The van der Waals surface area contributed by atoms with Crippen LogP contribution in [0.5, 0.6) is 5.75 Å². The summed E-state index contributed by atoms with van der Waals surface area (Å²) in [6.45, 7) is 4.05. The number of hydrogen-bond acceptors (Lipinski definition) is 7.